The second-order valence-corrected chi connectivity index (χ2v) is 6.82. The van der Waals surface area contributed by atoms with E-state index in [1.807, 2.05) is 30.9 Å². The average Bonchev–Trinajstić information content (AvgIpc) is 2.60. The predicted octanol–water partition coefficient (Wildman–Crippen LogP) is 2.53. The number of ether oxygens (including phenoxy) is 2. The predicted molar refractivity (Wildman–Crippen MR) is 102 cm³/mol. The van der Waals surface area contributed by atoms with Gasteiger partial charge in [-0.2, -0.15) is 0 Å². The average molecular weight is 412 g/mol. The van der Waals surface area contributed by atoms with E-state index in [1.54, 1.807) is 19.1 Å². The largest absolute Gasteiger partial charge is 0.471 e. The van der Waals surface area contributed by atoms with Crippen molar-refractivity contribution in [2.75, 3.05) is 33.0 Å². The van der Waals surface area contributed by atoms with Crippen molar-refractivity contribution >= 4 is 13.8 Å². The van der Waals surface area contributed by atoms with Gasteiger partial charge < -0.3 is 24.2 Å². The number of phosphoric acid groups is 1. The Morgan fingerprint density at radius 2 is 2.04 bits per heavy atom. The molecule has 1 rings (SSSR count). The van der Waals surface area contributed by atoms with E-state index in [0.717, 1.165) is 11.4 Å². The molecule has 0 aromatic rings. The molecule has 154 valence electrons. The minimum Gasteiger partial charge on any atom is -0.471 e. The standard InChI is InChI=1S/C18H25N2O7P/c1-5-7-16-13-15(17(19-4)18(21)26-6-2)12-14(3)20(16)8-9-25-10-11-27-28(22,23)24/h5,7,12-13H,6,8-11H2,1-3H3,(H2,22,23,24)/b7-5+,17-15+. The number of carbonyl (C=O) groups is 1. The number of allylic oxidation sites excluding steroid dienone is 6. The van der Waals surface area contributed by atoms with Crippen molar-refractivity contribution in [3.63, 3.8) is 0 Å². The quantitative estimate of drug-likeness (QED) is 0.185. The topological polar surface area (TPSA) is 110 Å². The summed E-state index contributed by atoms with van der Waals surface area (Å²) < 4.78 is 25.2. The smallest absolute Gasteiger partial charge is 0.469 e. The molecule has 0 aromatic carbocycles. The van der Waals surface area contributed by atoms with Gasteiger partial charge in [-0.25, -0.2) is 9.41 Å². The molecule has 0 unspecified atom stereocenters. The Bertz CT molecular complexity index is 771. The maximum Gasteiger partial charge on any atom is 0.469 e. The van der Waals surface area contributed by atoms with E-state index < -0.39 is 13.8 Å². The molecule has 1 aliphatic rings. The monoisotopic (exact) mass is 412 g/mol. The van der Waals surface area contributed by atoms with Crippen LogP contribution in [0.25, 0.3) is 4.85 Å². The SMILES string of the molecule is [C-]#[N+]/C(C(=O)OCC)=C1\C=C(C)N(CCOCCOP(=O)(O)O)C(/C=C/C)=C1. The van der Waals surface area contributed by atoms with Crippen molar-refractivity contribution in [1.29, 1.82) is 0 Å². The first-order valence-electron chi connectivity index (χ1n) is 8.60. The van der Waals surface area contributed by atoms with Crippen LogP contribution in [-0.4, -0.2) is 53.6 Å². The lowest BCUT2D eigenvalue weighted by Gasteiger charge is -2.30. The highest BCUT2D eigenvalue weighted by molar-refractivity contribution is 7.46. The van der Waals surface area contributed by atoms with Crippen LogP contribution < -0.4 is 0 Å². The summed E-state index contributed by atoms with van der Waals surface area (Å²) >= 11 is 0. The Hall–Kier alpha value is -2.21. The molecule has 0 aromatic heterocycles. The van der Waals surface area contributed by atoms with Crippen molar-refractivity contribution in [1.82, 2.24) is 4.90 Å². The van der Waals surface area contributed by atoms with Crippen LogP contribution in [0, 0.1) is 6.57 Å². The van der Waals surface area contributed by atoms with Crippen LogP contribution in [0.2, 0.25) is 0 Å². The van der Waals surface area contributed by atoms with E-state index in [1.165, 1.54) is 0 Å². The van der Waals surface area contributed by atoms with Crippen molar-refractivity contribution in [2.24, 2.45) is 0 Å². The summed E-state index contributed by atoms with van der Waals surface area (Å²) in [6.45, 7) is 13.5. The lowest BCUT2D eigenvalue weighted by Crippen LogP contribution is -2.27. The molecule has 2 N–H and O–H groups in total. The Labute approximate surface area is 164 Å². The van der Waals surface area contributed by atoms with Crippen molar-refractivity contribution in [3.05, 3.63) is 58.4 Å². The third-order valence-corrected chi connectivity index (χ3v) is 4.06. The number of phosphoric ester groups is 1. The van der Waals surface area contributed by atoms with Crippen LogP contribution in [0.5, 0.6) is 0 Å². The molecule has 0 amide bonds. The Kier molecular flexibility index (Phi) is 9.87. The zero-order chi connectivity index (χ0) is 21.2. The maximum absolute atomic E-state index is 12.0. The van der Waals surface area contributed by atoms with Gasteiger partial charge in [0.1, 0.15) is 0 Å². The first-order chi connectivity index (χ1) is 13.2. The summed E-state index contributed by atoms with van der Waals surface area (Å²) in [7, 11) is -4.49. The number of rotatable bonds is 10. The minimum atomic E-state index is -4.49. The van der Waals surface area contributed by atoms with Gasteiger partial charge in [-0.3, -0.25) is 9.32 Å². The first-order valence-corrected chi connectivity index (χ1v) is 10.1. The molecule has 0 aliphatic carbocycles. The van der Waals surface area contributed by atoms with Gasteiger partial charge in [0.15, 0.2) is 0 Å². The van der Waals surface area contributed by atoms with Crippen LogP contribution >= 0.6 is 7.82 Å². The molecule has 28 heavy (non-hydrogen) atoms. The second kappa shape index (κ2) is 11.6. The molecule has 1 heterocycles. The van der Waals surface area contributed by atoms with Gasteiger partial charge in [-0.1, -0.05) is 6.08 Å². The summed E-state index contributed by atoms with van der Waals surface area (Å²) in [4.78, 5) is 34.5. The number of esters is 1. The van der Waals surface area contributed by atoms with Crippen LogP contribution in [0.3, 0.4) is 0 Å². The number of nitrogens with zero attached hydrogens (tertiary/aromatic N) is 2. The van der Waals surface area contributed by atoms with E-state index in [2.05, 4.69) is 9.37 Å². The highest BCUT2D eigenvalue weighted by atomic mass is 31.2. The molecule has 0 atom stereocenters. The normalized spacial score (nSPS) is 16.5. The van der Waals surface area contributed by atoms with E-state index in [0.29, 0.717) is 12.1 Å². The number of hydrogen-bond acceptors (Lipinski definition) is 6. The van der Waals surface area contributed by atoms with Gasteiger partial charge >= 0.3 is 13.8 Å². The number of hydrogen-bond donors (Lipinski definition) is 2. The lowest BCUT2D eigenvalue weighted by atomic mass is 10.0. The van der Waals surface area contributed by atoms with Crippen molar-refractivity contribution < 1.29 is 33.1 Å². The van der Waals surface area contributed by atoms with E-state index >= 15 is 0 Å². The molecule has 9 nitrogen and oxygen atoms in total. The van der Waals surface area contributed by atoms with Crippen LogP contribution in [0.4, 0.5) is 0 Å². The fourth-order valence-electron chi connectivity index (χ4n) is 2.44. The van der Waals surface area contributed by atoms with Gasteiger partial charge in [0.2, 0.25) is 0 Å². The number of carbonyl (C=O) groups excluding carboxylic acids is 1. The van der Waals surface area contributed by atoms with Gasteiger partial charge in [-0.05, 0) is 44.6 Å². The second-order valence-electron chi connectivity index (χ2n) is 5.58. The fraction of sp³-hybridized carbons (Fsp3) is 0.444. The molecule has 0 spiro atoms. The molecule has 0 saturated heterocycles. The summed E-state index contributed by atoms with van der Waals surface area (Å²) in [5.41, 5.74) is 1.99. The molecular weight excluding hydrogens is 387 g/mol. The first kappa shape index (κ1) is 23.8. The molecule has 10 heteroatoms. The minimum absolute atomic E-state index is 0.0419. The van der Waals surface area contributed by atoms with Gasteiger partial charge in [0, 0.05) is 17.9 Å². The van der Waals surface area contributed by atoms with E-state index in [9.17, 15) is 9.36 Å². The molecule has 0 fully saturated rings. The van der Waals surface area contributed by atoms with Crippen LogP contribution in [0.15, 0.2) is 47.0 Å². The highest BCUT2D eigenvalue weighted by Gasteiger charge is 2.21. The summed E-state index contributed by atoms with van der Waals surface area (Å²) in [5, 5.41) is 0. The molecule has 0 radical (unpaired) electrons. The summed E-state index contributed by atoms with van der Waals surface area (Å²) in [6.07, 6.45) is 7.15. The van der Waals surface area contributed by atoms with Crippen LogP contribution in [0.1, 0.15) is 20.8 Å². The fourth-order valence-corrected chi connectivity index (χ4v) is 2.75. The molecule has 0 saturated carbocycles. The Morgan fingerprint density at radius 3 is 2.61 bits per heavy atom. The molecular formula is C18H25N2O7P. The zero-order valence-corrected chi connectivity index (χ0v) is 17.0. The van der Waals surface area contributed by atoms with E-state index in [-0.39, 0.29) is 32.1 Å². The maximum atomic E-state index is 12.0. The van der Waals surface area contributed by atoms with Gasteiger partial charge in [0.05, 0.1) is 33.0 Å². The zero-order valence-electron chi connectivity index (χ0n) is 16.1. The van der Waals surface area contributed by atoms with Crippen molar-refractivity contribution in [3.8, 4) is 0 Å². The summed E-state index contributed by atoms with van der Waals surface area (Å²) in [5.74, 6) is -0.658. The van der Waals surface area contributed by atoms with Gasteiger partial charge in [-0.15, -0.1) is 0 Å². The van der Waals surface area contributed by atoms with Crippen LogP contribution in [-0.2, 0) is 23.4 Å². The highest BCUT2D eigenvalue weighted by Crippen LogP contribution is 2.35. The summed E-state index contributed by atoms with van der Waals surface area (Å²) in [6, 6.07) is 0. The Balaban J connectivity index is 2.85. The molecule has 0 bridgehead atoms. The van der Waals surface area contributed by atoms with E-state index in [4.69, 9.17) is 25.8 Å². The molecule has 1 aliphatic heterocycles. The van der Waals surface area contributed by atoms with Gasteiger partial charge in [0.25, 0.3) is 5.70 Å². The third-order valence-electron chi connectivity index (χ3n) is 3.54. The van der Waals surface area contributed by atoms with Crippen molar-refractivity contribution in [2.45, 2.75) is 20.8 Å². The lowest BCUT2D eigenvalue weighted by molar-refractivity contribution is -0.138. The third kappa shape index (κ3) is 7.80. The Morgan fingerprint density at radius 1 is 1.32 bits per heavy atom.